The number of hydrogen-bond acceptors (Lipinski definition) is 5. The van der Waals surface area contributed by atoms with E-state index in [0.29, 0.717) is 48.6 Å². The van der Waals surface area contributed by atoms with Crippen molar-refractivity contribution in [2.24, 2.45) is 16.4 Å². The van der Waals surface area contributed by atoms with E-state index in [1.807, 2.05) is 20.8 Å². The van der Waals surface area contributed by atoms with Gasteiger partial charge in [0.05, 0.1) is 19.8 Å². The first-order valence-electron chi connectivity index (χ1n) is 10.2. The summed E-state index contributed by atoms with van der Waals surface area (Å²) in [5, 5.41) is 4.42. The topological polar surface area (TPSA) is 69.2 Å². The minimum absolute atomic E-state index is 0.213. The average molecular weight is 391 g/mol. The number of carbonyl (C=O) groups is 1. The molecule has 1 saturated carbocycles. The number of carbonyl (C=O) groups excluding carboxylic acids is 1. The Morgan fingerprint density at radius 1 is 1.11 bits per heavy atom. The first kappa shape index (κ1) is 22.1. The Kier molecular flexibility index (Phi) is 7.72. The van der Waals surface area contributed by atoms with E-state index in [0.717, 1.165) is 18.6 Å². The molecule has 1 aromatic carbocycles. The highest BCUT2D eigenvalue weighted by Crippen LogP contribution is 2.39. The molecule has 1 fully saturated rings. The fourth-order valence-electron chi connectivity index (χ4n) is 3.91. The van der Waals surface area contributed by atoms with Crippen LogP contribution in [0.4, 0.5) is 0 Å². The van der Waals surface area contributed by atoms with Crippen molar-refractivity contribution in [3.05, 3.63) is 17.7 Å². The Morgan fingerprint density at radius 3 is 2.18 bits per heavy atom. The third-order valence-corrected chi connectivity index (χ3v) is 4.65. The molecule has 6 heteroatoms. The second kappa shape index (κ2) is 9.80. The van der Waals surface area contributed by atoms with E-state index >= 15 is 0 Å². The van der Waals surface area contributed by atoms with Crippen LogP contribution in [0.5, 0.6) is 17.2 Å². The number of rotatable bonds is 8. The molecule has 28 heavy (non-hydrogen) atoms. The fraction of sp³-hybridized carbons (Fsp3) is 0.636. The summed E-state index contributed by atoms with van der Waals surface area (Å²) in [6, 6.07) is 3.36. The number of hydrogen-bond donors (Lipinski definition) is 1. The lowest BCUT2D eigenvalue weighted by Gasteiger charge is -2.34. The normalized spacial score (nSPS) is 19.9. The summed E-state index contributed by atoms with van der Waals surface area (Å²) in [7, 11) is 0. The molecule has 0 radical (unpaired) electrons. The number of hydrazone groups is 1. The maximum atomic E-state index is 12.7. The highest BCUT2D eigenvalue weighted by Gasteiger charge is 2.29. The summed E-state index contributed by atoms with van der Waals surface area (Å²) in [5.74, 6) is 1.81. The van der Waals surface area contributed by atoms with E-state index in [1.165, 1.54) is 6.42 Å². The molecule has 1 atom stereocenters. The summed E-state index contributed by atoms with van der Waals surface area (Å²) in [6.45, 7) is 13.8. The van der Waals surface area contributed by atoms with Gasteiger partial charge in [-0.05, 0) is 63.5 Å². The van der Waals surface area contributed by atoms with Gasteiger partial charge in [-0.1, -0.05) is 20.8 Å². The molecule has 6 nitrogen and oxygen atoms in total. The summed E-state index contributed by atoms with van der Waals surface area (Å²) < 4.78 is 17.1. The van der Waals surface area contributed by atoms with Crippen LogP contribution < -0.4 is 19.6 Å². The third kappa shape index (κ3) is 5.88. The second-order valence-electron chi connectivity index (χ2n) is 8.07. The molecule has 0 heterocycles. The molecule has 0 bridgehead atoms. The third-order valence-electron chi connectivity index (χ3n) is 4.65. The quantitative estimate of drug-likeness (QED) is 0.647. The van der Waals surface area contributed by atoms with Gasteiger partial charge in [0.15, 0.2) is 11.5 Å². The van der Waals surface area contributed by atoms with E-state index in [-0.39, 0.29) is 11.3 Å². The van der Waals surface area contributed by atoms with E-state index in [2.05, 4.69) is 31.3 Å². The highest BCUT2D eigenvalue weighted by molar-refractivity contribution is 5.97. The van der Waals surface area contributed by atoms with Gasteiger partial charge in [0, 0.05) is 11.3 Å². The second-order valence-corrected chi connectivity index (χ2v) is 8.07. The van der Waals surface area contributed by atoms with E-state index in [1.54, 1.807) is 12.1 Å². The molecule has 0 saturated heterocycles. The van der Waals surface area contributed by atoms with Crippen LogP contribution in [0.2, 0.25) is 0 Å². The SMILES string of the molecule is CCOc1cc(C(=O)N/N=C2/C[C@H](C)CC(C)(C)C2)cc(OCC)c1OCC. The number of ether oxygens (including phenoxy) is 3. The lowest BCUT2D eigenvalue weighted by Crippen LogP contribution is -2.30. The molecule has 2 rings (SSSR count). The first-order chi connectivity index (χ1) is 13.3. The van der Waals surface area contributed by atoms with Crippen molar-refractivity contribution in [3.63, 3.8) is 0 Å². The standard InChI is InChI=1S/C22H34N2O4/c1-7-26-18-11-16(12-19(27-8-2)20(18)28-9-3)21(25)24-23-17-10-15(4)13-22(5,6)14-17/h11-12,15H,7-10,13-14H2,1-6H3,(H,24,25)/b23-17-/t15-/m0/s1. The van der Waals surface area contributed by atoms with E-state index in [4.69, 9.17) is 14.2 Å². The van der Waals surface area contributed by atoms with Crippen molar-refractivity contribution in [1.29, 1.82) is 0 Å². The summed E-state index contributed by atoms with van der Waals surface area (Å²) in [6.07, 6.45) is 2.99. The maximum Gasteiger partial charge on any atom is 0.271 e. The van der Waals surface area contributed by atoms with Crippen LogP contribution in [-0.2, 0) is 0 Å². The molecule has 1 N–H and O–H groups in total. The lowest BCUT2D eigenvalue weighted by atomic mass is 9.72. The molecule has 0 unspecified atom stereocenters. The predicted octanol–water partition coefficient (Wildman–Crippen LogP) is 4.81. The number of nitrogens with zero attached hydrogens (tertiary/aromatic N) is 1. The van der Waals surface area contributed by atoms with Crippen molar-refractivity contribution >= 4 is 11.6 Å². The van der Waals surface area contributed by atoms with E-state index in [9.17, 15) is 4.79 Å². The van der Waals surface area contributed by atoms with Crippen LogP contribution in [0.25, 0.3) is 0 Å². The monoisotopic (exact) mass is 390 g/mol. The van der Waals surface area contributed by atoms with Gasteiger partial charge in [-0.3, -0.25) is 4.79 Å². The van der Waals surface area contributed by atoms with Gasteiger partial charge in [0.1, 0.15) is 0 Å². The maximum absolute atomic E-state index is 12.7. The Balaban J connectivity index is 2.25. The van der Waals surface area contributed by atoms with Crippen LogP contribution in [0.1, 0.15) is 71.2 Å². The predicted molar refractivity (Wildman–Crippen MR) is 112 cm³/mol. The van der Waals surface area contributed by atoms with Gasteiger partial charge in [-0.25, -0.2) is 5.43 Å². The van der Waals surface area contributed by atoms with Crippen molar-refractivity contribution in [3.8, 4) is 17.2 Å². The molecule has 156 valence electrons. The Bertz CT molecular complexity index is 685. The van der Waals surface area contributed by atoms with Crippen molar-refractivity contribution in [2.45, 2.75) is 60.8 Å². The smallest absolute Gasteiger partial charge is 0.271 e. The lowest BCUT2D eigenvalue weighted by molar-refractivity contribution is 0.0952. The number of benzene rings is 1. The highest BCUT2D eigenvalue weighted by atomic mass is 16.5. The Labute approximate surface area is 168 Å². The number of nitrogens with one attached hydrogen (secondary N) is 1. The van der Waals surface area contributed by atoms with Gasteiger partial charge in [0.25, 0.3) is 5.91 Å². The van der Waals surface area contributed by atoms with Crippen LogP contribution in [0, 0.1) is 11.3 Å². The zero-order valence-corrected chi connectivity index (χ0v) is 18.1. The molecule has 1 aromatic rings. The minimum Gasteiger partial charge on any atom is -0.490 e. The van der Waals surface area contributed by atoms with Gasteiger partial charge in [-0.2, -0.15) is 5.10 Å². The summed E-state index contributed by atoms with van der Waals surface area (Å²) in [4.78, 5) is 12.7. The minimum atomic E-state index is -0.284. The van der Waals surface area contributed by atoms with Gasteiger partial charge < -0.3 is 14.2 Å². The summed E-state index contributed by atoms with van der Waals surface area (Å²) >= 11 is 0. The van der Waals surface area contributed by atoms with Crippen molar-refractivity contribution in [1.82, 2.24) is 5.43 Å². The molecule has 0 spiro atoms. The fourth-order valence-corrected chi connectivity index (χ4v) is 3.91. The molecule has 1 aliphatic carbocycles. The molecule has 1 amide bonds. The molecule has 0 aliphatic heterocycles. The summed E-state index contributed by atoms with van der Waals surface area (Å²) in [5.41, 5.74) is 4.40. The van der Waals surface area contributed by atoms with Crippen LogP contribution in [0.15, 0.2) is 17.2 Å². The van der Waals surface area contributed by atoms with Gasteiger partial charge in [0.2, 0.25) is 5.75 Å². The molecule has 0 aromatic heterocycles. The van der Waals surface area contributed by atoms with Crippen molar-refractivity contribution in [2.75, 3.05) is 19.8 Å². The zero-order valence-electron chi connectivity index (χ0n) is 18.1. The van der Waals surface area contributed by atoms with Crippen molar-refractivity contribution < 1.29 is 19.0 Å². The number of amides is 1. The van der Waals surface area contributed by atoms with Gasteiger partial charge >= 0.3 is 0 Å². The van der Waals surface area contributed by atoms with Crippen LogP contribution in [-0.4, -0.2) is 31.4 Å². The largest absolute Gasteiger partial charge is 0.490 e. The van der Waals surface area contributed by atoms with E-state index < -0.39 is 0 Å². The van der Waals surface area contributed by atoms with Gasteiger partial charge in [-0.15, -0.1) is 0 Å². The van der Waals surface area contributed by atoms with Crippen LogP contribution >= 0.6 is 0 Å². The molecular weight excluding hydrogens is 356 g/mol. The molecule has 1 aliphatic rings. The zero-order chi connectivity index (χ0) is 20.7. The average Bonchev–Trinajstić information content (AvgIpc) is 2.61. The Hall–Kier alpha value is -2.24. The Morgan fingerprint density at radius 2 is 1.68 bits per heavy atom. The first-order valence-corrected chi connectivity index (χ1v) is 10.2. The van der Waals surface area contributed by atoms with Crippen LogP contribution in [0.3, 0.4) is 0 Å². The molecular formula is C22H34N2O4.